The Bertz CT molecular complexity index is 812. The number of aromatic nitrogens is 2. The van der Waals surface area contributed by atoms with E-state index in [1.54, 1.807) is 0 Å². The Hall–Kier alpha value is -2.76. The van der Waals surface area contributed by atoms with Crippen LogP contribution >= 0.6 is 0 Å². The first-order valence-electron chi connectivity index (χ1n) is 7.26. The van der Waals surface area contributed by atoms with E-state index in [1.165, 1.54) is 12.1 Å². The highest BCUT2D eigenvalue weighted by molar-refractivity contribution is 5.78. The minimum atomic E-state index is -0.972. The third-order valence-electron chi connectivity index (χ3n) is 3.50. The number of nitrogens with one attached hydrogen (secondary N) is 2. The van der Waals surface area contributed by atoms with Crippen LogP contribution in [0.1, 0.15) is 11.4 Å². The average molecular weight is 315 g/mol. The van der Waals surface area contributed by atoms with E-state index in [0.29, 0.717) is 13.0 Å². The molecule has 0 saturated carbocycles. The molecule has 4 nitrogen and oxygen atoms in total. The van der Waals surface area contributed by atoms with Crippen LogP contribution in [0.4, 0.5) is 8.78 Å². The molecule has 1 aromatic heterocycles. The molecule has 23 heavy (non-hydrogen) atoms. The van der Waals surface area contributed by atoms with E-state index < -0.39 is 11.6 Å². The Balaban J connectivity index is 1.54. The largest absolute Gasteiger partial charge is 0.355 e. The monoisotopic (exact) mass is 315 g/mol. The summed E-state index contributed by atoms with van der Waals surface area (Å²) in [4.78, 5) is 19.4. The maximum absolute atomic E-state index is 13.5. The number of imidazole rings is 1. The zero-order valence-electron chi connectivity index (χ0n) is 12.3. The lowest BCUT2D eigenvalue weighted by Crippen LogP contribution is -2.27. The molecule has 2 N–H and O–H groups in total. The van der Waals surface area contributed by atoms with Gasteiger partial charge in [0.1, 0.15) is 5.82 Å². The van der Waals surface area contributed by atoms with E-state index in [-0.39, 0.29) is 17.9 Å². The maximum Gasteiger partial charge on any atom is 0.224 e. The number of hydrogen-bond donors (Lipinski definition) is 2. The standard InChI is InChI=1S/C17H15F2N3O/c18-12-5-3-4-11(17(12)19)10-16(23)20-9-8-15-21-13-6-1-2-7-14(13)22-15/h1-7H,8-10H2,(H,20,23)(H,21,22). The summed E-state index contributed by atoms with van der Waals surface area (Å²) in [5.74, 6) is -1.51. The van der Waals surface area contributed by atoms with E-state index in [1.807, 2.05) is 24.3 Å². The van der Waals surface area contributed by atoms with Gasteiger partial charge in [0, 0.05) is 18.5 Å². The van der Waals surface area contributed by atoms with Gasteiger partial charge in [0.2, 0.25) is 5.91 Å². The van der Waals surface area contributed by atoms with Gasteiger partial charge >= 0.3 is 0 Å². The Morgan fingerprint density at radius 3 is 2.78 bits per heavy atom. The first-order chi connectivity index (χ1) is 11.1. The molecule has 0 unspecified atom stereocenters. The Morgan fingerprint density at radius 1 is 1.13 bits per heavy atom. The molecule has 0 fully saturated rings. The average Bonchev–Trinajstić information content (AvgIpc) is 2.94. The maximum atomic E-state index is 13.5. The van der Waals surface area contributed by atoms with Gasteiger partial charge in [-0.3, -0.25) is 4.79 Å². The molecular weight excluding hydrogens is 300 g/mol. The lowest BCUT2D eigenvalue weighted by atomic mass is 10.1. The van der Waals surface area contributed by atoms with E-state index in [4.69, 9.17) is 0 Å². The van der Waals surface area contributed by atoms with Crippen LogP contribution in [0, 0.1) is 11.6 Å². The molecule has 1 amide bonds. The second-order valence-electron chi connectivity index (χ2n) is 5.19. The molecule has 0 aliphatic heterocycles. The smallest absolute Gasteiger partial charge is 0.224 e. The molecule has 3 aromatic rings. The summed E-state index contributed by atoms with van der Waals surface area (Å²) in [7, 11) is 0. The van der Waals surface area contributed by atoms with Crippen molar-refractivity contribution in [2.24, 2.45) is 0 Å². The van der Waals surface area contributed by atoms with Gasteiger partial charge in [-0.2, -0.15) is 0 Å². The van der Waals surface area contributed by atoms with E-state index in [0.717, 1.165) is 22.9 Å². The van der Waals surface area contributed by atoms with Gasteiger partial charge in [-0.15, -0.1) is 0 Å². The lowest BCUT2D eigenvalue weighted by molar-refractivity contribution is -0.120. The Morgan fingerprint density at radius 2 is 1.96 bits per heavy atom. The van der Waals surface area contributed by atoms with Crippen molar-refractivity contribution in [1.29, 1.82) is 0 Å². The summed E-state index contributed by atoms with van der Waals surface area (Å²) in [6, 6.07) is 11.5. The SMILES string of the molecule is O=C(Cc1cccc(F)c1F)NCCc1nc2ccccc2[nH]1. The van der Waals surface area contributed by atoms with Crippen molar-refractivity contribution in [1.82, 2.24) is 15.3 Å². The number of rotatable bonds is 5. The quantitative estimate of drug-likeness (QED) is 0.760. The van der Waals surface area contributed by atoms with Crippen LogP contribution in [-0.4, -0.2) is 22.4 Å². The summed E-state index contributed by atoms with van der Waals surface area (Å²) < 4.78 is 26.6. The second-order valence-corrected chi connectivity index (χ2v) is 5.19. The molecule has 6 heteroatoms. The summed E-state index contributed by atoms with van der Waals surface area (Å²) in [6.45, 7) is 0.371. The summed E-state index contributed by atoms with van der Waals surface area (Å²) in [6.07, 6.45) is 0.343. The van der Waals surface area contributed by atoms with Crippen LogP contribution in [0.5, 0.6) is 0 Å². The number of halogens is 2. The number of fused-ring (bicyclic) bond motifs is 1. The molecule has 0 saturated heterocycles. The lowest BCUT2D eigenvalue weighted by Gasteiger charge is -2.05. The fourth-order valence-electron chi connectivity index (χ4n) is 2.36. The first-order valence-corrected chi connectivity index (χ1v) is 7.26. The van der Waals surface area contributed by atoms with Crippen molar-refractivity contribution in [3.8, 4) is 0 Å². The zero-order valence-corrected chi connectivity index (χ0v) is 12.3. The van der Waals surface area contributed by atoms with Crippen LogP contribution in [0.15, 0.2) is 42.5 Å². The second kappa shape index (κ2) is 6.56. The zero-order chi connectivity index (χ0) is 16.2. The van der Waals surface area contributed by atoms with Crippen LogP contribution < -0.4 is 5.32 Å². The minimum Gasteiger partial charge on any atom is -0.355 e. The van der Waals surface area contributed by atoms with Crippen molar-refractivity contribution in [3.05, 3.63) is 65.5 Å². The Labute approximate surface area is 131 Å². The molecule has 3 rings (SSSR count). The van der Waals surface area contributed by atoms with Gasteiger partial charge in [0.25, 0.3) is 0 Å². The number of benzene rings is 2. The van der Waals surface area contributed by atoms with Crippen molar-refractivity contribution in [2.45, 2.75) is 12.8 Å². The van der Waals surface area contributed by atoms with Crippen molar-refractivity contribution < 1.29 is 13.6 Å². The summed E-state index contributed by atoms with van der Waals surface area (Å²) >= 11 is 0. The van der Waals surface area contributed by atoms with Crippen LogP contribution in [-0.2, 0) is 17.6 Å². The van der Waals surface area contributed by atoms with Gasteiger partial charge in [-0.05, 0) is 18.2 Å². The fourth-order valence-corrected chi connectivity index (χ4v) is 2.36. The van der Waals surface area contributed by atoms with Gasteiger partial charge in [0.15, 0.2) is 11.6 Å². The van der Waals surface area contributed by atoms with Crippen LogP contribution in [0.3, 0.4) is 0 Å². The van der Waals surface area contributed by atoms with Crippen LogP contribution in [0.25, 0.3) is 11.0 Å². The number of carbonyl (C=O) groups excluding carboxylic acids is 1. The molecule has 0 atom stereocenters. The van der Waals surface area contributed by atoms with Gasteiger partial charge in [-0.1, -0.05) is 24.3 Å². The number of carbonyl (C=O) groups is 1. The number of nitrogens with zero attached hydrogens (tertiary/aromatic N) is 1. The molecule has 0 radical (unpaired) electrons. The van der Waals surface area contributed by atoms with Crippen molar-refractivity contribution in [2.75, 3.05) is 6.54 Å². The van der Waals surface area contributed by atoms with Gasteiger partial charge < -0.3 is 10.3 Å². The predicted molar refractivity (Wildman–Crippen MR) is 82.9 cm³/mol. The number of amides is 1. The number of para-hydroxylation sites is 2. The van der Waals surface area contributed by atoms with Crippen molar-refractivity contribution >= 4 is 16.9 Å². The normalized spacial score (nSPS) is 10.9. The molecular formula is C17H15F2N3O. The molecule has 2 aromatic carbocycles. The minimum absolute atomic E-state index is 0.0474. The van der Waals surface area contributed by atoms with Gasteiger partial charge in [-0.25, -0.2) is 13.8 Å². The highest BCUT2D eigenvalue weighted by atomic mass is 19.2. The molecule has 118 valence electrons. The van der Waals surface area contributed by atoms with E-state index >= 15 is 0 Å². The molecule has 0 bridgehead atoms. The number of aromatic amines is 1. The molecule has 1 heterocycles. The third-order valence-corrected chi connectivity index (χ3v) is 3.50. The van der Waals surface area contributed by atoms with Crippen molar-refractivity contribution in [3.63, 3.8) is 0 Å². The molecule has 0 spiro atoms. The first kappa shape index (κ1) is 15.1. The molecule has 0 aliphatic carbocycles. The number of hydrogen-bond acceptors (Lipinski definition) is 2. The topological polar surface area (TPSA) is 57.8 Å². The highest BCUT2D eigenvalue weighted by Gasteiger charge is 2.11. The highest BCUT2D eigenvalue weighted by Crippen LogP contribution is 2.12. The van der Waals surface area contributed by atoms with Crippen LogP contribution in [0.2, 0.25) is 0 Å². The van der Waals surface area contributed by atoms with E-state index in [2.05, 4.69) is 15.3 Å². The fraction of sp³-hybridized carbons (Fsp3) is 0.176. The van der Waals surface area contributed by atoms with Gasteiger partial charge in [0.05, 0.1) is 17.5 Å². The summed E-state index contributed by atoms with van der Waals surface area (Å²) in [5.41, 5.74) is 1.86. The third kappa shape index (κ3) is 3.53. The predicted octanol–water partition coefficient (Wildman–Crippen LogP) is 2.74. The number of H-pyrrole nitrogens is 1. The summed E-state index contributed by atoms with van der Waals surface area (Å²) in [5, 5.41) is 2.68. The molecule has 0 aliphatic rings. The Kier molecular flexibility index (Phi) is 4.32. The van der Waals surface area contributed by atoms with E-state index in [9.17, 15) is 13.6 Å².